The first kappa shape index (κ1) is 22.0. The van der Waals surface area contributed by atoms with Gasteiger partial charge in [0.1, 0.15) is 0 Å². The number of amides is 1. The van der Waals surface area contributed by atoms with E-state index in [2.05, 4.69) is 50.1 Å². The third-order valence-corrected chi connectivity index (χ3v) is 7.04. The molecule has 0 saturated carbocycles. The number of aromatic carboxylic acids is 1. The molecule has 7 heteroatoms. The van der Waals surface area contributed by atoms with Crippen LogP contribution in [-0.4, -0.2) is 28.4 Å². The number of allylic oxidation sites excluding steroid dienone is 5. The lowest BCUT2D eigenvalue weighted by Crippen LogP contribution is -2.27. The number of benzene rings is 2. The second-order valence-corrected chi connectivity index (χ2v) is 9.71. The first-order chi connectivity index (χ1) is 15.2. The van der Waals surface area contributed by atoms with E-state index >= 15 is 0 Å². The number of hydrogen-bond donors (Lipinski definition) is 1. The van der Waals surface area contributed by atoms with Crippen molar-refractivity contribution in [3.8, 4) is 0 Å². The number of carbonyl (C=O) groups is 2. The fourth-order valence-electron chi connectivity index (χ4n) is 4.05. The minimum atomic E-state index is -1.01. The Labute approximate surface area is 196 Å². The molecule has 2 aromatic carbocycles. The highest BCUT2D eigenvalue weighted by Crippen LogP contribution is 2.46. The van der Waals surface area contributed by atoms with E-state index in [9.17, 15) is 9.59 Å². The molecule has 2 aliphatic rings. The molecule has 1 N–H and O–H groups in total. The van der Waals surface area contributed by atoms with Crippen LogP contribution in [-0.2, 0) is 10.2 Å². The maximum absolute atomic E-state index is 12.9. The Balaban J connectivity index is 1.52. The zero-order valence-corrected chi connectivity index (χ0v) is 19.5. The van der Waals surface area contributed by atoms with Gasteiger partial charge in [0.2, 0.25) is 0 Å². The first-order valence-corrected chi connectivity index (χ1v) is 11.3. The number of carboxylic acid groups (broad SMARTS) is 1. The number of carboxylic acids is 1. The molecule has 0 spiro atoms. The molecule has 0 radical (unpaired) electrons. The van der Waals surface area contributed by atoms with Gasteiger partial charge in [0.15, 0.2) is 4.32 Å². The average Bonchev–Trinajstić information content (AvgIpc) is 3.15. The Kier molecular flexibility index (Phi) is 5.79. The highest BCUT2D eigenvalue weighted by atomic mass is 32.2. The van der Waals surface area contributed by atoms with E-state index in [1.54, 1.807) is 18.2 Å². The first-order valence-electron chi connectivity index (χ1n) is 10.0. The molecule has 1 saturated heterocycles. The van der Waals surface area contributed by atoms with Crippen molar-refractivity contribution < 1.29 is 14.7 Å². The van der Waals surface area contributed by atoms with Crippen LogP contribution < -0.4 is 9.80 Å². The highest BCUT2D eigenvalue weighted by molar-refractivity contribution is 8.27. The van der Waals surface area contributed by atoms with E-state index in [1.807, 2.05) is 18.2 Å². The summed E-state index contributed by atoms with van der Waals surface area (Å²) in [6.45, 7) is 4.41. The van der Waals surface area contributed by atoms with Gasteiger partial charge in [0, 0.05) is 23.8 Å². The van der Waals surface area contributed by atoms with Gasteiger partial charge in [-0.1, -0.05) is 68.2 Å². The predicted molar refractivity (Wildman–Crippen MR) is 134 cm³/mol. The molecule has 1 amide bonds. The highest BCUT2D eigenvalue weighted by Gasteiger charge is 2.37. The van der Waals surface area contributed by atoms with Crippen LogP contribution in [0.1, 0.15) is 29.8 Å². The summed E-state index contributed by atoms with van der Waals surface area (Å²) < 4.78 is 0.420. The van der Waals surface area contributed by atoms with Gasteiger partial charge in [0.05, 0.1) is 16.2 Å². The molecule has 0 aromatic heterocycles. The molecule has 5 nitrogen and oxygen atoms in total. The molecular weight excluding hydrogens is 440 g/mol. The molecule has 1 fully saturated rings. The fraction of sp³-hybridized carbons (Fsp3) is 0.160. The van der Waals surface area contributed by atoms with Crippen molar-refractivity contribution in [3.05, 3.63) is 94.6 Å². The van der Waals surface area contributed by atoms with E-state index in [4.69, 9.17) is 17.3 Å². The molecule has 2 aromatic rings. The van der Waals surface area contributed by atoms with Crippen molar-refractivity contribution in [2.75, 3.05) is 16.8 Å². The average molecular weight is 463 g/mol. The van der Waals surface area contributed by atoms with Crippen LogP contribution in [0.4, 0.5) is 11.4 Å². The molecule has 162 valence electrons. The van der Waals surface area contributed by atoms with E-state index in [-0.39, 0.29) is 16.9 Å². The molecule has 2 aliphatic heterocycles. The number of carbonyl (C=O) groups excluding carboxylic acids is 1. The van der Waals surface area contributed by atoms with Crippen molar-refractivity contribution in [3.63, 3.8) is 0 Å². The van der Waals surface area contributed by atoms with Crippen LogP contribution in [0, 0.1) is 0 Å². The van der Waals surface area contributed by atoms with Crippen LogP contribution in [0.15, 0.2) is 83.4 Å². The number of nitrogens with zero attached hydrogens (tertiary/aromatic N) is 2. The number of thioether (sulfide) groups is 1. The summed E-state index contributed by atoms with van der Waals surface area (Å²) >= 11 is 6.61. The summed E-state index contributed by atoms with van der Waals surface area (Å²) in [5.41, 5.74) is 4.27. The van der Waals surface area contributed by atoms with Crippen molar-refractivity contribution in [1.82, 2.24) is 0 Å². The number of likely N-dealkylation sites (N-methyl/N-ethyl adjacent to an activating group) is 1. The van der Waals surface area contributed by atoms with Crippen molar-refractivity contribution in [1.29, 1.82) is 0 Å². The monoisotopic (exact) mass is 462 g/mol. The number of hydrogen-bond acceptors (Lipinski definition) is 5. The third-order valence-electron chi connectivity index (χ3n) is 5.72. The zero-order chi connectivity index (χ0) is 23.0. The number of thiocarbonyl (C=S) groups is 1. The standard InChI is InChI=1S/C25H22N2O3S2/c1-25(2)18-8-4-5-9-19(18)26(3)21(25)11-7-6-10-20-22(28)27(24(31)32-20)17-14-12-16(13-15-17)23(29)30/h4-15H,1-3H3,(H,29,30)/b7-6+,20-10-,21-11-. The summed E-state index contributed by atoms with van der Waals surface area (Å²) in [6, 6.07) is 14.5. The van der Waals surface area contributed by atoms with Gasteiger partial charge >= 0.3 is 5.97 Å². The van der Waals surface area contributed by atoms with E-state index < -0.39 is 5.97 Å². The SMILES string of the molecule is CN1\C(=C/C=C/C=C2\SC(=S)N(c3ccc(C(=O)O)cc3)C2=O)C(C)(C)c2ccccc21. The molecule has 0 atom stereocenters. The van der Waals surface area contributed by atoms with E-state index in [0.717, 1.165) is 0 Å². The Morgan fingerprint density at radius 2 is 1.72 bits per heavy atom. The molecule has 32 heavy (non-hydrogen) atoms. The number of fused-ring (bicyclic) bond motifs is 1. The van der Waals surface area contributed by atoms with Gasteiger partial charge in [-0.3, -0.25) is 9.69 Å². The largest absolute Gasteiger partial charge is 0.478 e. The van der Waals surface area contributed by atoms with Gasteiger partial charge in [-0.2, -0.15) is 0 Å². The van der Waals surface area contributed by atoms with E-state index in [1.165, 1.54) is 45.7 Å². The molecule has 2 heterocycles. The van der Waals surface area contributed by atoms with Gasteiger partial charge in [-0.05, 0) is 48.0 Å². The topological polar surface area (TPSA) is 60.9 Å². The predicted octanol–water partition coefficient (Wildman–Crippen LogP) is 5.50. The summed E-state index contributed by atoms with van der Waals surface area (Å²) in [5.74, 6) is -1.23. The van der Waals surface area contributed by atoms with Crippen molar-refractivity contribution in [2.45, 2.75) is 19.3 Å². The van der Waals surface area contributed by atoms with Crippen LogP contribution in [0.5, 0.6) is 0 Å². The fourth-order valence-corrected chi connectivity index (χ4v) is 5.30. The normalized spacial score (nSPS) is 20.1. The summed E-state index contributed by atoms with van der Waals surface area (Å²) in [7, 11) is 2.06. The van der Waals surface area contributed by atoms with Crippen molar-refractivity contribution >= 4 is 51.6 Å². The number of para-hydroxylation sites is 1. The Morgan fingerprint density at radius 1 is 1.06 bits per heavy atom. The summed E-state index contributed by atoms with van der Waals surface area (Å²) in [4.78, 5) is 28.1. The minimum absolute atomic E-state index is 0.110. The van der Waals surface area contributed by atoms with Gasteiger partial charge in [0.25, 0.3) is 5.91 Å². The maximum atomic E-state index is 12.9. The third kappa shape index (κ3) is 3.78. The Morgan fingerprint density at radius 3 is 2.38 bits per heavy atom. The van der Waals surface area contributed by atoms with Gasteiger partial charge in [-0.15, -0.1) is 0 Å². The molecule has 4 rings (SSSR count). The zero-order valence-electron chi connectivity index (χ0n) is 17.9. The second kappa shape index (κ2) is 8.41. The maximum Gasteiger partial charge on any atom is 0.335 e. The van der Waals surface area contributed by atoms with Crippen LogP contribution in [0.25, 0.3) is 0 Å². The lowest BCUT2D eigenvalue weighted by molar-refractivity contribution is -0.113. The summed E-state index contributed by atoms with van der Waals surface area (Å²) in [6.07, 6.45) is 7.62. The molecule has 0 bridgehead atoms. The lowest BCUT2D eigenvalue weighted by Gasteiger charge is -2.23. The minimum Gasteiger partial charge on any atom is -0.478 e. The van der Waals surface area contributed by atoms with Crippen molar-refractivity contribution in [2.24, 2.45) is 0 Å². The van der Waals surface area contributed by atoms with Crippen LogP contribution in [0.3, 0.4) is 0 Å². The van der Waals surface area contributed by atoms with Crippen LogP contribution >= 0.6 is 24.0 Å². The number of anilines is 2. The van der Waals surface area contributed by atoms with Gasteiger partial charge < -0.3 is 10.0 Å². The smallest absolute Gasteiger partial charge is 0.335 e. The molecule has 0 unspecified atom stereocenters. The molecule has 0 aliphatic carbocycles. The Hall–Kier alpha value is -3.16. The van der Waals surface area contributed by atoms with E-state index in [0.29, 0.717) is 14.9 Å². The lowest BCUT2D eigenvalue weighted by atomic mass is 9.84. The quantitative estimate of drug-likeness (QED) is 0.478. The summed E-state index contributed by atoms with van der Waals surface area (Å²) in [5, 5.41) is 9.05. The Bertz CT molecular complexity index is 1210. The van der Waals surface area contributed by atoms with Gasteiger partial charge in [-0.25, -0.2) is 4.79 Å². The number of rotatable bonds is 4. The second-order valence-electron chi connectivity index (χ2n) is 8.03. The van der Waals surface area contributed by atoms with Crippen LogP contribution in [0.2, 0.25) is 0 Å². The molecular formula is C25H22N2O3S2.